The molecule has 0 aliphatic rings. The molecule has 1 aromatic heterocycles. The van der Waals surface area contributed by atoms with E-state index in [9.17, 15) is 4.79 Å². The van der Waals surface area contributed by atoms with E-state index in [-0.39, 0.29) is 5.91 Å². The molecular weight excluding hydrogens is 454 g/mol. The number of nitrogens with zero attached hydrogens (tertiary/aromatic N) is 2. The van der Waals surface area contributed by atoms with Crippen molar-refractivity contribution in [2.75, 3.05) is 27.4 Å². The molecule has 4 aromatic rings. The second-order valence-electron chi connectivity index (χ2n) is 8.57. The number of ether oxygens (including phenoxy) is 3. The zero-order valence-electron chi connectivity index (χ0n) is 21.1. The van der Waals surface area contributed by atoms with Crippen LogP contribution in [-0.4, -0.2) is 42.8 Å². The van der Waals surface area contributed by atoms with Crippen LogP contribution in [0.25, 0.3) is 11.0 Å². The topological polar surface area (TPSA) is 74.6 Å². The molecule has 0 radical (unpaired) electrons. The van der Waals surface area contributed by atoms with Crippen LogP contribution in [0.15, 0.2) is 66.7 Å². The van der Waals surface area contributed by atoms with E-state index in [1.165, 1.54) is 0 Å². The Labute approximate surface area is 212 Å². The van der Waals surface area contributed by atoms with Crippen molar-refractivity contribution in [1.82, 2.24) is 14.9 Å². The minimum atomic E-state index is -0.141. The zero-order valence-corrected chi connectivity index (χ0v) is 21.1. The molecule has 1 amide bonds. The molecule has 0 aliphatic heterocycles. The highest BCUT2D eigenvalue weighted by Gasteiger charge is 2.13. The first-order valence-corrected chi connectivity index (χ1v) is 12.2. The first-order chi connectivity index (χ1) is 17.6. The number of hydrogen-bond acceptors (Lipinski definition) is 5. The Hall–Kier alpha value is -4.00. The maximum atomic E-state index is 12.6. The first kappa shape index (κ1) is 25.1. The number of aryl methyl sites for hydroxylation is 3. The molecule has 0 atom stereocenters. The fraction of sp³-hybridized carbons (Fsp3) is 0.310. The summed E-state index contributed by atoms with van der Waals surface area (Å²) in [5.41, 5.74) is 3.79. The van der Waals surface area contributed by atoms with Crippen molar-refractivity contribution in [3.05, 3.63) is 83.7 Å². The second-order valence-corrected chi connectivity index (χ2v) is 8.57. The molecule has 1 N–H and O–H groups in total. The summed E-state index contributed by atoms with van der Waals surface area (Å²) < 4.78 is 18.8. The van der Waals surface area contributed by atoms with Gasteiger partial charge < -0.3 is 24.1 Å². The molecule has 4 rings (SSSR count). The van der Waals surface area contributed by atoms with Crippen LogP contribution in [0.3, 0.4) is 0 Å². The third-order valence-corrected chi connectivity index (χ3v) is 6.12. The molecule has 0 bridgehead atoms. The molecule has 36 heavy (non-hydrogen) atoms. The van der Waals surface area contributed by atoms with Crippen LogP contribution in [0.2, 0.25) is 0 Å². The SMILES string of the molecule is COc1ccc(C(=O)NCCCc2nc3ccccc3n2CCCOc2ccccc2C)cc1OC. The summed E-state index contributed by atoms with van der Waals surface area (Å²) in [6.07, 6.45) is 2.42. The van der Waals surface area contributed by atoms with Gasteiger partial charge in [0.05, 0.1) is 31.9 Å². The number of carbonyl (C=O) groups is 1. The fourth-order valence-corrected chi connectivity index (χ4v) is 4.22. The van der Waals surface area contributed by atoms with Crippen molar-refractivity contribution in [2.45, 2.75) is 32.7 Å². The van der Waals surface area contributed by atoms with Crippen LogP contribution in [0.1, 0.15) is 34.6 Å². The largest absolute Gasteiger partial charge is 0.493 e. The number of imidazole rings is 1. The number of nitrogens with one attached hydrogen (secondary N) is 1. The lowest BCUT2D eigenvalue weighted by atomic mass is 10.2. The Kier molecular flexibility index (Phi) is 8.44. The molecule has 0 unspecified atom stereocenters. The normalized spacial score (nSPS) is 10.9. The second kappa shape index (κ2) is 12.1. The number of benzene rings is 3. The number of para-hydroxylation sites is 3. The van der Waals surface area contributed by atoms with Crippen LogP contribution in [0.5, 0.6) is 17.2 Å². The molecule has 7 nitrogen and oxygen atoms in total. The van der Waals surface area contributed by atoms with Crippen molar-refractivity contribution in [3.8, 4) is 17.2 Å². The van der Waals surface area contributed by atoms with Gasteiger partial charge in [0.2, 0.25) is 0 Å². The Morgan fingerprint density at radius 1 is 0.917 bits per heavy atom. The summed E-state index contributed by atoms with van der Waals surface area (Å²) in [6, 6.07) is 21.4. The maximum absolute atomic E-state index is 12.6. The standard InChI is InChI=1S/C29H33N3O4/c1-21-10-4-7-13-25(21)36-19-9-18-32-24-12-6-5-11-23(24)31-28(32)14-8-17-30-29(33)22-15-16-26(34-2)27(20-22)35-3/h4-7,10-13,15-16,20H,8-9,14,17-19H2,1-3H3,(H,30,33). The highest BCUT2D eigenvalue weighted by molar-refractivity contribution is 5.94. The number of rotatable bonds is 12. The summed E-state index contributed by atoms with van der Waals surface area (Å²) in [5.74, 6) is 2.94. The summed E-state index contributed by atoms with van der Waals surface area (Å²) >= 11 is 0. The van der Waals surface area contributed by atoms with Gasteiger partial charge in [-0.15, -0.1) is 0 Å². The summed E-state index contributed by atoms with van der Waals surface area (Å²) in [4.78, 5) is 17.5. The van der Waals surface area contributed by atoms with E-state index in [1.54, 1.807) is 32.4 Å². The van der Waals surface area contributed by atoms with Gasteiger partial charge in [-0.05, 0) is 61.7 Å². The molecular formula is C29H33N3O4. The van der Waals surface area contributed by atoms with Crippen LogP contribution in [0.4, 0.5) is 0 Å². The van der Waals surface area contributed by atoms with E-state index in [0.717, 1.165) is 54.0 Å². The van der Waals surface area contributed by atoms with Gasteiger partial charge in [-0.3, -0.25) is 4.79 Å². The van der Waals surface area contributed by atoms with Crippen molar-refractivity contribution in [2.24, 2.45) is 0 Å². The van der Waals surface area contributed by atoms with Gasteiger partial charge >= 0.3 is 0 Å². The lowest BCUT2D eigenvalue weighted by Gasteiger charge is -2.12. The first-order valence-electron chi connectivity index (χ1n) is 12.2. The van der Waals surface area contributed by atoms with Crippen molar-refractivity contribution < 1.29 is 19.0 Å². The monoisotopic (exact) mass is 487 g/mol. The number of aromatic nitrogens is 2. The smallest absolute Gasteiger partial charge is 0.251 e. The van der Waals surface area contributed by atoms with Gasteiger partial charge in [-0.2, -0.15) is 0 Å². The van der Waals surface area contributed by atoms with Crippen molar-refractivity contribution in [1.29, 1.82) is 0 Å². The average molecular weight is 488 g/mol. The average Bonchev–Trinajstić information content (AvgIpc) is 3.26. The number of amides is 1. The Balaban J connectivity index is 1.33. The van der Waals surface area contributed by atoms with Crippen LogP contribution >= 0.6 is 0 Å². The third kappa shape index (κ3) is 5.97. The molecule has 0 aliphatic carbocycles. The van der Waals surface area contributed by atoms with Gasteiger partial charge in [-0.25, -0.2) is 4.98 Å². The van der Waals surface area contributed by atoms with Gasteiger partial charge in [-0.1, -0.05) is 30.3 Å². The van der Waals surface area contributed by atoms with Crippen molar-refractivity contribution in [3.63, 3.8) is 0 Å². The van der Waals surface area contributed by atoms with Gasteiger partial charge in [0, 0.05) is 25.1 Å². The van der Waals surface area contributed by atoms with Gasteiger partial charge in [0.25, 0.3) is 5.91 Å². The molecule has 0 saturated heterocycles. The lowest BCUT2D eigenvalue weighted by molar-refractivity contribution is 0.0952. The number of fused-ring (bicyclic) bond motifs is 1. The van der Waals surface area contributed by atoms with Crippen LogP contribution in [-0.2, 0) is 13.0 Å². The molecule has 0 fully saturated rings. The quantitative estimate of drug-likeness (QED) is 0.278. The predicted octanol–water partition coefficient (Wildman–Crippen LogP) is 5.19. The fourth-order valence-electron chi connectivity index (χ4n) is 4.22. The van der Waals surface area contributed by atoms with E-state index < -0.39 is 0 Å². The molecule has 3 aromatic carbocycles. The van der Waals surface area contributed by atoms with E-state index in [4.69, 9.17) is 19.2 Å². The number of hydrogen-bond donors (Lipinski definition) is 1. The van der Waals surface area contributed by atoms with E-state index in [0.29, 0.717) is 30.2 Å². The van der Waals surface area contributed by atoms with Crippen LogP contribution in [0, 0.1) is 6.92 Å². The number of methoxy groups -OCH3 is 2. The highest BCUT2D eigenvalue weighted by Crippen LogP contribution is 2.27. The highest BCUT2D eigenvalue weighted by atomic mass is 16.5. The lowest BCUT2D eigenvalue weighted by Crippen LogP contribution is -2.25. The number of carbonyl (C=O) groups excluding carboxylic acids is 1. The summed E-state index contributed by atoms with van der Waals surface area (Å²) in [6.45, 7) is 4.06. The molecule has 7 heteroatoms. The third-order valence-electron chi connectivity index (χ3n) is 6.12. The summed E-state index contributed by atoms with van der Waals surface area (Å²) in [5, 5.41) is 2.99. The van der Waals surface area contributed by atoms with Crippen LogP contribution < -0.4 is 19.5 Å². The van der Waals surface area contributed by atoms with Gasteiger partial charge in [0.1, 0.15) is 11.6 Å². The zero-order chi connectivity index (χ0) is 25.3. The summed E-state index contributed by atoms with van der Waals surface area (Å²) in [7, 11) is 3.13. The molecule has 188 valence electrons. The Morgan fingerprint density at radius 3 is 2.50 bits per heavy atom. The maximum Gasteiger partial charge on any atom is 0.251 e. The molecule has 1 heterocycles. The van der Waals surface area contributed by atoms with E-state index in [2.05, 4.69) is 28.9 Å². The minimum Gasteiger partial charge on any atom is -0.493 e. The Bertz CT molecular complexity index is 1320. The van der Waals surface area contributed by atoms with Gasteiger partial charge in [0.15, 0.2) is 11.5 Å². The Morgan fingerprint density at radius 2 is 1.69 bits per heavy atom. The van der Waals surface area contributed by atoms with Crippen molar-refractivity contribution >= 4 is 16.9 Å². The predicted molar refractivity (Wildman–Crippen MR) is 141 cm³/mol. The molecule has 0 spiro atoms. The van der Waals surface area contributed by atoms with E-state index >= 15 is 0 Å². The van der Waals surface area contributed by atoms with E-state index in [1.807, 2.05) is 36.4 Å². The molecule has 0 saturated carbocycles. The minimum absolute atomic E-state index is 0.141.